The Hall–Kier alpha value is -1.59. The molecular formula is C13H21NO5. The molecule has 1 amide bonds. The van der Waals surface area contributed by atoms with Gasteiger partial charge in [0.15, 0.2) is 0 Å². The maximum atomic E-state index is 11.9. The third-order valence-electron chi connectivity index (χ3n) is 3.42. The van der Waals surface area contributed by atoms with Crippen LogP contribution in [0.4, 0.5) is 0 Å². The highest BCUT2D eigenvalue weighted by molar-refractivity contribution is 5.85. The van der Waals surface area contributed by atoms with Gasteiger partial charge >= 0.3 is 11.9 Å². The largest absolute Gasteiger partial charge is 0.466 e. The van der Waals surface area contributed by atoms with Crippen molar-refractivity contribution in [1.82, 2.24) is 5.32 Å². The van der Waals surface area contributed by atoms with Gasteiger partial charge in [0.25, 0.3) is 0 Å². The van der Waals surface area contributed by atoms with Crippen molar-refractivity contribution in [3.8, 4) is 0 Å². The highest BCUT2D eigenvalue weighted by Crippen LogP contribution is 2.33. The zero-order chi connectivity index (χ0) is 14.5. The van der Waals surface area contributed by atoms with E-state index in [1.165, 1.54) is 0 Å². The number of nitrogens with one attached hydrogen (secondary N) is 1. The van der Waals surface area contributed by atoms with Crippen LogP contribution in [0.25, 0.3) is 0 Å². The number of hydrogen-bond donors (Lipinski definition) is 1. The molecule has 1 aliphatic heterocycles. The van der Waals surface area contributed by atoms with Crippen molar-refractivity contribution in [2.75, 3.05) is 13.2 Å². The monoisotopic (exact) mass is 271 g/mol. The Kier molecular flexibility index (Phi) is 5.32. The van der Waals surface area contributed by atoms with Gasteiger partial charge in [-0.15, -0.1) is 0 Å². The lowest BCUT2D eigenvalue weighted by atomic mass is 9.81. The first kappa shape index (κ1) is 15.5. The fraction of sp³-hybridized carbons (Fsp3) is 0.769. The van der Waals surface area contributed by atoms with Gasteiger partial charge in [0, 0.05) is 6.42 Å². The predicted octanol–water partition coefficient (Wildman–Crippen LogP) is 0.788. The van der Waals surface area contributed by atoms with E-state index in [-0.39, 0.29) is 25.5 Å². The Morgan fingerprint density at radius 1 is 1.32 bits per heavy atom. The summed E-state index contributed by atoms with van der Waals surface area (Å²) in [5.41, 5.74) is -0.879. The minimum Gasteiger partial charge on any atom is -0.466 e. The molecule has 0 spiro atoms. The fourth-order valence-corrected chi connectivity index (χ4v) is 2.31. The molecular weight excluding hydrogens is 250 g/mol. The van der Waals surface area contributed by atoms with E-state index in [9.17, 15) is 14.4 Å². The van der Waals surface area contributed by atoms with Crippen LogP contribution >= 0.6 is 0 Å². The summed E-state index contributed by atoms with van der Waals surface area (Å²) in [4.78, 5) is 35.0. The molecule has 0 aromatic rings. The third-order valence-corrected chi connectivity index (χ3v) is 3.42. The van der Waals surface area contributed by atoms with Gasteiger partial charge in [-0.05, 0) is 27.2 Å². The SMILES string of the molecule is CCOC(=O)CC1(C(C)C(=O)OCC)CCC(=O)N1. The van der Waals surface area contributed by atoms with E-state index >= 15 is 0 Å². The summed E-state index contributed by atoms with van der Waals surface area (Å²) < 4.78 is 9.89. The zero-order valence-corrected chi connectivity index (χ0v) is 11.7. The smallest absolute Gasteiger partial charge is 0.311 e. The second-order valence-electron chi connectivity index (χ2n) is 4.66. The van der Waals surface area contributed by atoms with Gasteiger partial charge < -0.3 is 14.8 Å². The molecule has 108 valence electrons. The van der Waals surface area contributed by atoms with Crippen LogP contribution < -0.4 is 5.32 Å². The third kappa shape index (κ3) is 3.68. The molecule has 1 saturated heterocycles. The van der Waals surface area contributed by atoms with Crippen molar-refractivity contribution in [2.24, 2.45) is 5.92 Å². The topological polar surface area (TPSA) is 81.7 Å². The average molecular weight is 271 g/mol. The minimum absolute atomic E-state index is 0.00738. The number of carbonyl (C=O) groups is 3. The first-order valence-electron chi connectivity index (χ1n) is 6.58. The molecule has 0 aromatic carbocycles. The van der Waals surface area contributed by atoms with Crippen LogP contribution in [-0.2, 0) is 23.9 Å². The highest BCUT2D eigenvalue weighted by atomic mass is 16.5. The number of carbonyl (C=O) groups excluding carboxylic acids is 3. The molecule has 0 bridgehead atoms. The van der Waals surface area contributed by atoms with Gasteiger partial charge in [0.2, 0.25) is 5.91 Å². The predicted molar refractivity (Wildman–Crippen MR) is 67.2 cm³/mol. The van der Waals surface area contributed by atoms with E-state index in [4.69, 9.17) is 9.47 Å². The molecule has 1 N–H and O–H groups in total. The van der Waals surface area contributed by atoms with Crippen molar-refractivity contribution >= 4 is 17.8 Å². The summed E-state index contributed by atoms with van der Waals surface area (Å²) in [6.07, 6.45) is 0.736. The van der Waals surface area contributed by atoms with E-state index < -0.39 is 23.4 Å². The van der Waals surface area contributed by atoms with E-state index in [0.29, 0.717) is 12.8 Å². The first-order chi connectivity index (χ1) is 8.95. The molecule has 6 heteroatoms. The van der Waals surface area contributed by atoms with Gasteiger partial charge in [-0.1, -0.05) is 0 Å². The molecule has 1 fully saturated rings. The summed E-state index contributed by atoms with van der Waals surface area (Å²) in [5, 5.41) is 2.76. The summed E-state index contributed by atoms with van der Waals surface area (Å²) in [7, 11) is 0. The molecule has 2 atom stereocenters. The second-order valence-corrected chi connectivity index (χ2v) is 4.66. The van der Waals surface area contributed by atoms with Gasteiger partial charge in [-0.2, -0.15) is 0 Å². The van der Waals surface area contributed by atoms with Crippen molar-refractivity contribution in [2.45, 2.75) is 45.6 Å². The summed E-state index contributed by atoms with van der Waals surface area (Å²) >= 11 is 0. The van der Waals surface area contributed by atoms with Crippen LogP contribution in [0, 0.1) is 5.92 Å². The number of amides is 1. The Labute approximate surface area is 112 Å². The van der Waals surface area contributed by atoms with Gasteiger partial charge in [-0.3, -0.25) is 14.4 Å². The number of rotatable bonds is 6. The molecule has 1 rings (SSSR count). The van der Waals surface area contributed by atoms with Crippen LogP contribution in [0.2, 0.25) is 0 Å². The van der Waals surface area contributed by atoms with Crippen molar-refractivity contribution in [3.63, 3.8) is 0 Å². The lowest BCUT2D eigenvalue weighted by Gasteiger charge is -2.33. The molecule has 2 unspecified atom stereocenters. The van der Waals surface area contributed by atoms with Crippen LogP contribution in [0.1, 0.15) is 40.0 Å². The highest BCUT2D eigenvalue weighted by Gasteiger charge is 2.47. The number of ether oxygens (including phenoxy) is 2. The van der Waals surface area contributed by atoms with E-state index in [1.807, 2.05) is 0 Å². The zero-order valence-electron chi connectivity index (χ0n) is 11.7. The van der Waals surface area contributed by atoms with Gasteiger partial charge in [-0.25, -0.2) is 0 Å². The molecule has 0 radical (unpaired) electrons. The van der Waals surface area contributed by atoms with Crippen LogP contribution in [0.5, 0.6) is 0 Å². The molecule has 0 saturated carbocycles. The van der Waals surface area contributed by atoms with Crippen molar-refractivity contribution in [3.05, 3.63) is 0 Å². The quantitative estimate of drug-likeness (QED) is 0.722. The molecule has 1 aliphatic rings. The maximum absolute atomic E-state index is 11.9. The van der Waals surface area contributed by atoms with Crippen molar-refractivity contribution in [1.29, 1.82) is 0 Å². The summed E-state index contributed by atoms with van der Waals surface area (Å²) in [5.74, 6) is -1.56. The van der Waals surface area contributed by atoms with Crippen LogP contribution in [0.3, 0.4) is 0 Å². The van der Waals surface area contributed by atoms with Gasteiger partial charge in [0.05, 0.1) is 31.1 Å². The van der Waals surface area contributed by atoms with Crippen LogP contribution in [-0.4, -0.2) is 36.6 Å². The summed E-state index contributed by atoms with van der Waals surface area (Å²) in [6, 6.07) is 0. The van der Waals surface area contributed by atoms with Gasteiger partial charge in [0.1, 0.15) is 0 Å². The molecule has 0 aliphatic carbocycles. The lowest BCUT2D eigenvalue weighted by Crippen LogP contribution is -2.52. The van der Waals surface area contributed by atoms with E-state index in [0.717, 1.165) is 0 Å². The number of esters is 2. The Balaban J connectivity index is 2.84. The van der Waals surface area contributed by atoms with E-state index in [1.54, 1.807) is 20.8 Å². The van der Waals surface area contributed by atoms with E-state index in [2.05, 4.69) is 5.32 Å². The minimum atomic E-state index is -0.879. The Morgan fingerprint density at radius 2 is 1.95 bits per heavy atom. The average Bonchev–Trinajstić information content (AvgIpc) is 2.71. The second kappa shape index (κ2) is 6.54. The number of hydrogen-bond acceptors (Lipinski definition) is 5. The molecule has 6 nitrogen and oxygen atoms in total. The Morgan fingerprint density at radius 3 is 2.42 bits per heavy atom. The standard InChI is InChI=1S/C13H21NO5/c1-4-18-11(16)8-13(7-6-10(15)14-13)9(3)12(17)19-5-2/h9H,4-8H2,1-3H3,(H,14,15). The van der Waals surface area contributed by atoms with Crippen LogP contribution in [0.15, 0.2) is 0 Å². The normalized spacial score (nSPS) is 23.6. The molecule has 0 aromatic heterocycles. The molecule has 19 heavy (non-hydrogen) atoms. The Bertz CT molecular complexity index is 368. The molecule has 1 heterocycles. The fourth-order valence-electron chi connectivity index (χ4n) is 2.31. The lowest BCUT2D eigenvalue weighted by molar-refractivity contribution is -0.152. The first-order valence-corrected chi connectivity index (χ1v) is 6.58. The maximum Gasteiger partial charge on any atom is 0.311 e. The van der Waals surface area contributed by atoms with Crippen molar-refractivity contribution < 1.29 is 23.9 Å². The summed E-state index contributed by atoms with van der Waals surface area (Å²) in [6.45, 7) is 5.65.